The minimum Gasteiger partial charge on any atom is -0.309 e. The maximum Gasteiger partial charge on any atom is 0.363 e. The molecule has 2 aromatic carbocycles. The summed E-state index contributed by atoms with van der Waals surface area (Å²) in [4.78, 5) is 0. The van der Waals surface area contributed by atoms with Crippen LogP contribution in [0.1, 0.15) is 28.4 Å². The molecule has 2 atom stereocenters. The second kappa shape index (κ2) is 6.00. The first-order valence-electron chi connectivity index (χ1n) is 6.99. The summed E-state index contributed by atoms with van der Waals surface area (Å²) in [6.07, 6.45) is -0.322. The van der Waals surface area contributed by atoms with Gasteiger partial charge in [0.15, 0.2) is 0 Å². The summed E-state index contributed by atoms with van der Waals surface area (Å²) >= 11 is 2.24. The van der Waals surface area contributed by atoms with E-state index in [1.807, 2.05) is 50.2 Å². The number of benzene rings is 1. The molecule has 2 unspecified atom stereocenters. The summed E-state index contributed by atoms with van der Waals surface area (Å²) in [5.41, 5.74) is 4.18. The van der Waals surface area contributed by atoms with E-state index in [9.17, 15) is 4.57 Å². The van der Waals surface area contributed by atoms with Crippen LogP contribution in [0.2, 0.25) is 0 Å². The molecule has 22 heavy (non-hydrogen) atoms. The fourth-order valence-electron chi connectivity index (χ4n) is 2.81. The Morgan fingerprint density at radius 1 is 1.27 bits per heavy atom. The minimum absolute atomic E-state index is 0.322. The molecule has 3 rings (SSSR count). The molecule has 1 aliphatic rings. The summed E-state index contributed by atoms with van der Waals surface area (Å²) in [6, 6.07) is 14.0. The molecule has 0 saturated heterocycles. The Labute approximate surface area is 144 Å². The summed E-state index contributed by atoms with van der Waals surface area (Å²) in [7, 11) is -1.86. The predicted octanol–water partition coefficient (Wildman–Crippen LogP) is 5.74. The standard InChI is InChI=1S/C17H17IO3P/c1-11-8-12(2)10-14(9-11)17-15(18)16(13-6-4-5-7-13)21-22(17,19)20-3/h4-10,16H,1-3H3/q-1. The largest absolute Gasteiger partial charge is 0.363 e. The van der Waals surface area contributed by atoms with Crippen LogP contribution in [0.25, 0.3) is 5.31 Å². The molecule has 0 amide bonds. The van der Waals surface area contributed by atoms with Crippen molar-refractivity contribution in [1.82, 2.24) is 0 Å². The minimum atomic E-state index is -3.30. The average Bonchev–Trinajstić information content (AvgIpc) is 3.05. The van der Waals surface area contributed by atoms with Crippen LogP contribution >= 0.6 is 30.2 Å². The summed E-state index contributed by atoms with van der Waals surface area (Å²) < 4.78 is 25.2. The lowest BCUT2D eigenvalue weighted by molar-refractivity contribution is 0.214. The van der Waals surface area contributed by atoms with Crippen molar-refractivity contribution in [2.75, 3.05) is 7.11 Å². The van der Waals surface area contributed by atoms with Gasteiger partial charge in [-0.05, 0) is 42.0 Å². The first-order valence-corrected chi connectivity index (χ1v) is 9.61. The van der Waals surface area contributed by atoms with E-state index in [1.165, 1.54) is 7.11 Å². The van der Waals surface area contributed by atoms with Crippen LogP contribution in [0.5, 0.6) is 0 Å². The number of aryl methyl sites for hydroxylation is 2. The van der Waals surface area contributed by atoms with E-state index >= 15 is 0 Å². The van der Waals surface area contributed by atoms with Gasteiger partial charge in [-0.1, -0.05) is 29.3 Å². The molecule has 0 radical (unpaired) electrons. The Kier molecular flexibility index (Phi) is 4.38. The Morgan fingerprint density at radius 3 is 2.50 bits per heavy atom. The zero-order valence-corrected chi connectivity index (χ0v) is 15.7. The maximum absolute atomic E-state index is 13.1. The Hall–Kier alpha value is -0.810. The Balaban J connectivity index is 2.18. The summed E-state index contributed by atoms with van der Waals surface area (Å²) in [6.45, 7) is 4.07. The third kappa shape index (κ3) is 2.73. The predicted molar refractivity (Wildman–Crippen MR) is 97.3 cm³/mol. The third-order valence-electron chi connectivity index (χ3n) is 3.70. The van der Waals surface area contributed by atoms with Crippen molar-refractivity contribution in [1.29, 1.82) is 0 Å². The van der Waals surface area contributed by atoms with Crippen molar-refractivity contribution in [2.24, 2.45) is 0 Å². The van der Waals surface area contributed by atoms with Gasteiger partial charge >= 0.3 is 7.60 Å². The van der Waals surface area contributed by atoms with E-state index in [4.69, 9.17) is 9.05 Å². The molecule has 2 aromatic rings. The van der Waals surface area contributed by atoms with E-state index in [0.29, 0.717) is 5.31 Å². The van der Waals surface area contributed by atoms with Gasteiger partial charge < -0.3 is 4.52 Å². The van der Waals surface area contributed by atoms with Gasteiger partial charge in [0.1, 0.15) is 6.10 Å². The third-order valence-corrected chi connectivity index (χ3v) is 7.25. The van der Waals surface area contributed by atoms with Crippen molar-refractivity contribution < 1.29 is 13.6 Å². The summed E-state index contributed by atoms with van der Waals surface area (Å²) in [5, 5.41) is 0.689. The van der Waals surface area contributed by atoms with Crippen molar-refractivity contribution in [2.45, 2.75) is 20.0 Å². The fraction of sp³-hybridized carbons (Fsp3) is 0.235. The highest BCUT2D eigenvalue weighted by Crippen LogP contribution is 2.71. The molecule has 0 aromatic heterocycles. The highest BCUT2D eigenvalue weighted by atomic mass is 127. The van der Waals surface area contributed by atoms with Gasteiger partial charge in [0, 0.05) is 10.7 Å². The van der Waals surface area contributed by atoms with Crippen molar-refractivity contribution in [3.63, 3.8) is 0 Å². The lowest BCUT2D eigenvalue weighted by atomic mass is 10.1. The highest BCUT2D eigenvalue weighted by molar-refractivity contribution is 14.1. The summed E-state index contributed by atoms with van der Waals surface area (Å²) in [5.74, 6) is 0. The van der Waals surface area contributed by atoms with Crippen LogP contribution in [0.3, 0.4) is 0 Å². The number of hydrogen-bond acceptors (Lipinski definition) is 3. The molecule has 5 heteroatoms. The lowest BCUT2D eigenvalue weighted by Gasteiger charge is -2.16. The zero-order chi connectivity index (χ0) is 15.9. The topological polar surface area (TPSA) is 35.5 Å². The molecule has 0 saturated carbocycles. The molecular weight excluding hydrogens is 410 g/mol. The van der Waals surface area contributed by atoms with Gasteiger partial charge in [-0.3, -0.25) is 9.09 Å². The SMILES string of the molecule is COP1(=O)OC(c2ccc[cH-]2)C(I)=C1c1cc(C)cc(C)c1. The first-order chi connectivity index (χ1) is 10.4. The van der Waals surface area contributed by atoms with Crippen LogP contribution in [-0.2, 0) is 13.6 Å². The Bertz CT molecular complexity index is 757. The maximum atomic E-state index is 13.1. The number of halogens is 1. The Morgan fingerprint density at radius 2 is 1.95 bits per heavy atom. The van der Waals surface area contributed by atoms with E-state index in [2.05, 4.69) is 28.7 Å². The fourth-order valence-corrected chi connectivity index (χ4v) is 6.39. The van der Waals surface area contributed by atoms with E-state index in [0.717, 1.165) is 25.8 Å². The van der Waals surface area contributed by atoms with Crippen LogP contribution in [0.15, 0.2) is 46.0 Å². The highest BCUT2D eigenvalue weighted by Gasteiger charge is 2.43. The van der Waals surface area contributed by atoms with Crippen molar-refractivity contribution >= 4 is 35.5 Å². The molecule has 1 heterocycles. The van der Waals surface area contributed by atoms with Crippen LogP contribution in [-0.4, -0.2) is 7.11 Å². The molecule has 0 fully saturated rings. The van der Waals surface area contributed by atoms with Crippen molar-refractivity contribution in [3.8, 4) is 0 Å². The molecule has 1 aliphatic heterocycles. The zero-order valence-electron chi connectivity index (χ0n) is 12.7. The van der Waals surface area contributed by atoms with Gasteiger partial charge in [-0.15, -0.1) is 5.56 Å². The second-order valence-electron chi connectivity index (χ2n) is 5.46. The molecular formula is C17H17IO3P-. The van der Waals surface area contributed by atoms with Gasteiger partial charge in [0.2, 0.25) is 0 Å². The molecule has 0 bridgehead atoms. The number of hydrogen-bond donors (Lipinski definition) is 0. The van der Waals surface area contributed by atoms with E-state index in [-0.39, 0.29) is 6.10 Å². The molecule has 0 spiro atoms. The average molecular weight is 427 g/mol. The first kappa shape index (κ1) is 16.1. The van der Waals surface area contributed by atoms with Crippen LogP contribution in [0.4, 0.5) is 0 Å². The smallest absolute Gasteiger partial charge is 0.309 e. The molecule has 0 aliphatic carbocycles. The van der Waals surface area contributed by atoms with Gasteiger partial charge in [-0.2, -0.15) is 12.1 Å². The van der Waals surface area contributed by atoms with Gasteiger partial charge in [-0.25, -0.2) is 12.1 Å². The number of rotatable bonds is 3. The molecule has 116 valence electrons. The van der Waals surface area contributed by atoms with Gasteiger partial charge in [0.25, 0.3) is 0 Å². The van der Waals surface area contributed by atoms with Gasteiger partial charge in [0.05, 0.1) is 5.31 Å². The normalized spacial score (nSPS) is 25.0. The van der Waals surface area contributed by atoms with Crippen molar-refractivity contribution in [3.05, 3.63) is 68.3 Å². The van der Waals surface area contributed by atoms with Crippen LogP contribution < -0.4 is 0 Å². The molecule has 3 nitrogen and oxygen atoms in total. The van der Waals surface area contributed by atoms with E-state index in [1.54, 1.807) is 0 Å². The molecule has 0 N–H and O–H groups in total. The quantitative estimate of drug-likeness (QED) is 0.356. The van der Waals surface area contributed by atoms with E-state index < -0.39 is 7.60 Å². The monoisotopic (exact) mass is 427 g/mol. The second-order valence-corrected chi connectivity index (χ2v) is 8.64. The lowest BCUT2D eigenvalue weighted by Crippen LogP contribution is -1.95. The van der Waals surface area contributed by atoms with Crippen LogP contribution in [0, 0.1) is 13.8 Å².